The summed E-state index contributed by atoms with van der Waals surface area (Å²) in [5, 5.41) is 0.291. The predicted molar refractivity (Wildman–Crippen MR) is 89.6 cm³/mol. The van der Waals surface area contributed by atoms with E-state index in [1.807, 2.05) is 0 Å². The maximum atomic E-state index is 11.4. The lowest BCUT2D eigenvalue weighted by Gasteiger charge is -2.56. The number of hydrogen-bond acceptors (Lipinski definition) is 5. The molecule has 134 valence electrons. The molecule has 2 atom stereocenters. The molecule has 0 spiro atoms. The maximum Gasteiger partial charge on any atom is 0.348 e. The second-order valence-electron chi connectivity index (χ2n) is 8.55. The zero-order valence-electron chi connectivity index (χ0n) is 14.2. The highest BCUT2D eigenvalue weighted by Crippen LogP contribution is 2.60. The summed E-state index contributed by atoms with van der Waals surface area (Å²) >= 11 is 0. The Morgan fingerprint density at radius 3 is 2.32 bits per heavy atom. The van der Waals surface area contributed by atoms with Crippen LogP contribution in [0.4, 0.5) is 0 Å². The van der Waals surface area contributed by atoms with E-state index in [1.165, 1.54) is 38.5 Å². The van der Waals surface area contributed by atoms with Crippen molar-refractivity contribution in [3.63, 3.8) is 0 Å². The molecule has 5 aliphatic rings. The van der Waals surface area contributed by atoms with Crippen LogP contribution in [0, 0.1) is 23.2 Å². The maximum absolute atomic E-state index is 11.4. The topological polar surface area (TPSA) is 67.8 Å². The smallest absolute Gasteiger partial charge is 0.348 e. The Hall–Kier alpha value is -1.00. The van der Waals surface area contributed by atoms with Crippen LogP contribution >= 0.6 is 8.03 Å². The summed E-state index contributed by atoms with van der Waals surface area (Å²) < 4.78 is 17.6. The molecule has 1 heterocycles. The normalized spacial score (nSPS) is 39.2. The van der Waals surface area contributed by atoms with Gasteiger partial charge < -0.3 is 9.63 Å². The second-order valence-corrected chi connectivity index (χ2v) is 9.59. The first-order valence-electron chi connectivity index (χ1n) is 9.30. The molecule has 0 amide bonds. The van der Waals surface area contributed by atoms with Crippen LogP contribution < -0.4 is 14.9 Å². The third kappa shape index (κ3) is 2.91. The predicted octanol–water partition coefficient (Wildman–Crippen LogP) is 3.01. The molecule has 2 unspecified atom stereocenters. The first kappa shape index (κ1) is 16.2. The lowest BCUT2D eigenvalue weighted by atomic mass is 9.50. The summed E-state index contributed by atoms with van der Waals surface area (Å²) in [7, 11) is -2.62. The number of hydrogen-bond donors (Lipinski definition) is 0. The molecule has 0 radical (unpaired) electrons. The summed E-state index contributed by atoms with van der Waals surface area (Å²) in [6.45, 7) is 1.17. The molecule has 4 saturated carbocycles. The molecule has 6 heteroatoms. The van der Waals surface area contributed by atoms with Gasteiger partial charge in [0, 0.05) is 17.0 Å². The van der Waals surface area contributed by atoms with Crippen LogP contribution in [0.25, 0.3) is 0 Å². The monoisotopic (exact) mass is 362 g/mol. The van der Waals surface area contributed by atoms with E-state index in [-0.39, 0.29) is 6.10 Å². The molecule has 0 N–H and O–H groups in total. The Bertz CT molecular complexity index is 664. The van der Waals surface area contributed by atoms with Crippen LogP contribution in [0.2, 0.25) is 0 Å². The molecule has 6 rings (SSSR count). The van der Waals surface area contributed by atoms with Crippen LogP contribution in [0.5, 0.6) is 5.75 Å². The Morgan fingerprint density at radius 2 is 1.80 bits per heavy atom. The average Bonchev–Trinajstić information content (AvgIpc) is 2.51. The van der Waals surface area contributed by atoms with Gasteiger partial charge in [-0.3, -0.25) is 0 Å². The summed E-state index contributed by atoms with van der Waals surface area (Å²) in [6.07, 6.45) is 7.87. The van der Waals surface area contributed by atoms with Crippen molar-refractivity contribution in [1.82, 2.24) is 0 Å². The lowest BCUT2D eigenvalue weighted by Crippen LogP contribution is -2.48. The summed E-state index contributed by atoms with van der Waals surface area (Å²) in [6, 6.07) is 5.05. The van der Waals surface area contributed by atoms with Crippen molar-refractivity contribution < 1.29 is 24.0 Å². The first-order chi connectivity index (χ1) is 12.1. The van der Waals surface area contributed by atoms with E-state index < -0.39 is 8.03 Å². The zero-order chi connectivity index (χ0) is 17.0. The third-order valence-electron chi connectivity index (χ3n) is 6.66. The molecule has 1 aromatic carbocycles. The fraction of sp³-hybridized carbons (Fsp3) is 0.684. The molecular weight excluding hydrogens is 339 g/mol. The van der Waals surface area contributed by atoms with E-state index in [0.29, 0.717) is 29.7 Å². The molecule has 4 bridgehead atoms. The molecule has 5 nitrogen and oxygen atoms in total. The minimum atomic E-state index is -2.62. The molecule has 5 fully saturated rings. The van der Waals surface area contributed by atoms with E-state index >= 15 is 0 Å². The number of ether oxygens (including phenoxy) is 1. The van der Waals surface area contributed by atoms with E-state index in [4.69, 9.17) is 14.5 Å². The van der Waals surface area contributed by atoms with Crippen molar-refractivity contribution in [2.24, 2.45) is 23.2 Å². The van der Waals surface area contributed by atoms with Crippen LogP contribution in [0.1, 0.15) is 50.2 Å². The fourth-order valence-electron chi connectivity index (χ4n) is 6.00. The van der Waals surface area contributed by atoms with Gasteiger partial charge in [0.25, 0.3) is 0 Å². The highest BCUT2D eigenvalue weighted by atomic mass is 31.1. The molecule has 0 aromatic heterocycles. The van der Waals surface area contributed by atoms with Gasteiger partial charge in [-0.2, -0.15) is 0 Å². The van der Waals surface area contributed by atoms with Crippen molar-refractivity contribution in [2.75, 3.05) is 13.2 Å². The van der Waals surface area contributed by atoms with E-state index in [1.54, 1.807) is 18.2 Å². The van der Waals surface area contributed by atoms with Gasteiger partial charge in [0.05, 0.1) is 6.61 Å². The highest BCUT2D eigenvalue weighted by molar-refractivity contribution is 7.45. The Kier molecular flexibility index (Phi) is 3.90. The highest BCUT2D eigenvalue weighted by Gasteiger charge is 2.51. The van der Waals surface area contributed by atoms with Crippen LogP contribution in [0.15, 0.2) is 18.2 Å². The van der Waals surface area contributed by atoms with Crippen LogP contribution in [-0.2, 0) is 14.3 Å². The minimum Gasteiger partial charge on any atom is -0.591 e. The van der Waals surface area contributed by atoms with Crippen molar-refractivity contribution in [3.05, 3.63) is 23.8 Å². The van der Waals surface area contributed by atoms with Crippen LogP contribution in [-0.4, -0.2) is 13.2 Å². The van der Waals surface area contributed by atoms with Gasteiger partial charge in [-0.05, 0) is 68.4 Å². The van der Waals surface area contributed by atoms with E-state index in [2.05, 4.69) is 0 Å². The largest absolute Gasteiger partial charge is 0.591 e. The average molecular weight is 362 g/mol. The summed E-state index contributed by atoms with van der Waals surface area (Å²) in [5.41, 5.74) is 1.18. The molecule has 1 aromatic rings. The molecular formula is C19H23O5P. The Balaban J connectivity index is 1.38. The van der Waals surface area contributed by atoms with Crippen molar-refractivity contribution in [1.29, 1.82) is 0 Å². The van der Waals surface area contributed by atoms with Crippen molar-refractivity contribution in [3.8, 4) is 5.75 Å². The quantitative estimate of drug-likeness (QED) is 0.595. The first-order valence-corrected chi connectivity index (χ1v) is 10.5. The SMILES string of the molecule is O=[P+]([O-])c1ccc(C2COO2)c(OCC23CC4CC(CC(C4)C2)C3)c1. The number of rotatable bonds is 5. The Morgan fingerprint density at radius 1 is 1.16 bits per heavy atom. The standard InChI is InChI=1S/C19H23O5P/c20-25(21)15-1-2-16(18-10-23-24-18)17(6-15)22-11-19-7-12-3-13(8-19)5-14(4-12)9-19/h1-2,6,12-14,18H,3-5,7-11H2. The van der Waals surface area contributed by atoms with Gasteiger partial charge in [-0.1, -0.05) is 4.57 Å². The summed E-state index contributed by atoms with van der Waals surface area (Å²) in [4.78, 5) is 21.3. The second kappa shape index (κ2) is 6.02. The van der Waals surface area contributed by atoms with Gasteiger partial charge in [0.2, 0.25) is 0 Å². The van der Waals surface area contributed by atoms with Gasteiger partial charge in [-0.15, -0.1) is 0 Å². The number of benzene rings is 1. The van der Waals surface area contributed by atoms with Gasteiger partial charge in [0.1, 0.15) is 18.5 Å². The Labute approximate surface area is 148 Å². The fourth-order valence-corrected chi connectivity index (χ4v) is 6.42. The van der Waals surface area contributed by atoms with E-state index in [0.717, 1.165) is 23.3 Å². The molecule has 1 saturated heterocycles. The minimum absolute atomic E-state index is 0.162. The third-order valence-corrected chi connectivity index (χ3v) is 7.36. The van der Waals surface area contributed by atoms with E-state index in [9.17, 15) is 9.46 Å². The molecule has 25 heavy (non-hydrogen) atoms. The van der Waals surface area contributed by atoms with Gasteiger partial charge in [-0.25, -0.2) is 9.78 Å². The van der Waals surface area contributed by atoms with Gasteiger partial charge in [0.15, 0.2) is 5.30 Å². The van der Waals surface area contributed by atoms with Gasteiger partial charge >= 0.3 is 8.03 Å². The van der Waals surface area contributed by atoms with Crippen molar-refractivity contribution in [2.45, 2.75) is 44.6 Å². The summed E-state index contributed by atoms with van der Waals surface area (Å²) in [5.74, 6) is 3.26. The van der Waals surface area contributed by atoms with Crippen LogP contribution in [0.3, 0.4) is 0 Å². The molecule has 1 aliphatic heterocycles. The molecule has 4 aliphatic carbocycles. The lowest BCUT2D eigenvalue weighted by molar-refractivity contribution is -0.429. The van der Waals surface area contributed by atoms with Crippen molar-refractivity contribution >= 4 is 13.3 Å². The zero-order valence-corrected chi connectivity index (χ0v) is 15.1.